The molecule has 0 radical (unpaired) electrons. The van der Waals surface area contributed by atoms with Gasteiger partial charge in [-0.25, -0.2) is 0 Å². The molecule has 0 saturated heterocycles. The van der Waals surface area contributed by atoms with E-state index in [0.717, 1.165) is 6.07 Å². The monoisotopic (exact) mass is 216 g/mol. The van der Waals surface area contributed by atoms with Gasteiger partial charge in [-0.2, -0.15) is 13.2 Å². The second-order valence-corrected chi connectivity index (χ2v) is 3.01. The smallest absolute Gasteiger partial charge is 0.392 e. The highest BCUT2D eigenvalue weighted by Crippen LogP contribution is 2.31. The first-order chi connectivity index (χ1) is 7.05. The van der Waals surface area contributed by atoms with E-state index in [-0.39, 0.29) is 18.6 Å². The first-order valence-corrected chi connectivity index (χ1v) is 4.46. The molecule has 0 heterocycles. The van der Waals surface area contributed by atoms with Gasteiger partial charge in [0.1, 0.15) is 0 Å². The first kappa shape index (κ1) is 11.8. The number of aliphatic hydroxyl groups is 1. The molecule has 0 unspecified atom stereocenters. The molecule has 82 valence electrons. The lowest BCUT2D eigenvalue weighted by Gasteiger charge is -2.10. The number of hydrogen-bond donors (Lipinski definition) is 1. The zero-order valence-corrected chi connectivity index (χ0v) is 7.96. The summed E-state index contributed by atoms with van der Waals surface area (Å²) in [6, 6.07) is 5.42. The molecule has 15 heavy (non-hydrogen) atoms. The summed E-state index contributed by atoms with van der Waals surface area (Å²) in [6.07, 6.45) is -1.20. The Balaban J connectivity index is 2.92. The maximum absolute atomic E-state index is 12.5. The van der Waals surface area contributed by atoms with E-state index < -0.39 is 11.7 Å². The highest BCUT2D eigenvalue weighted by molar-refractivity contribution is 5.31. The molecule has 1 nitrogen and oxygen atoms in total. The fraction of sp³-hybridized carbons (Fsp3) is 0.273. The Morgan fingerprint density at radius 2 is 1.80 bits per heavy atom. The summed E-state index contributed by atoms with van der Waals surface area (Å²) in [6.45, 7) is -0.159. The van der Waals surface area contributed by atoms with E-state index in [9.17, 15) is 13.2 Å². The quantitative estimate of drug-likeness (QED) is 0.770. The standard InChI is InChI=1S/C11H11F3O/c12-11(13,14)10-7-2-1-5-9(10)6-3-4-8-15/h1-5,7,15H,6,8H2/b4-3+. The van der Waals surface area contributed by atoms with Crippen molar-refractivity contribution in [2.45, 2.75) is 12.6 Å². The average molecular weight is 216 g/mol. The van der Waals surface area contributed by atoms with E-state index in [1.54, 1.807) is 6.07 Å². The van der Waals surface area contributed by atoms with Crippen LogP contribution in [-0.4, -0.2) is 11.7 Å². The minimum Gasteiger partial charge on any atom is -0.392 e. The molecule has 0 atom stereocenters. The molecule has 1 aromatic rings. The van der Waals surface area contributed by atoms with Crippen LogP contribution < -0.4 is 0 Å². The van der Waals surface area contributed by atoms with Crippen molar-refractivity contribution in [2.75, 3.05) is 6.61 Å². The minimum atomic E-state index is -4.32. The van der Waals surface area contributed by atoms with Crippen molar-refractivity contribution in [3.63, 3.8) is 0 Å². The number of alkyl halides is 3. The van der Waals surface area contributed by atoms with Gasteiger partial charge >= 0.3 is 6.18 Å². The Kier molecular flexibility index (Phi) is 3.91. The third kappa shape index (κ3) is 3.40. The molecule has 1 aromatic carbocycles. The van der Waals surface area contributed by atoms with Gasteiger partial charge in [-0.15, -0.1) is 0 Å². The van der Waals surface area contributed by atoms with Crippen molar-refractivity contribution in [2.24, 2.45) is 0 Å². The summed E-state index contributed by atoms with van der Waals surface area (Å²) >= 11 is 0. The van der Waals surface area contributed by atoms with Crippen LogP contribution in [0.3, 0.4) is 0 Å². The van der Waals surface area contributed by atoms with E-state index in [1.165, 1.54) is 24.3 Å². The van der Waals surface area contributed by atoms with Crippen LogP contribution in [0.25, 0.3) is 0 Å². The van der Waals surface area contributed by atoms with Crippen molar-refractivity contribution in [1.82, 2.24) is 0 Å². The van der Waals surface area contributed by atoms with Gasteiger partial charge in [0.2, 0.25) is 0 Å². The van der Waals surface area contributed by atoms with Gasteiger partial charge in [0.05, 0.1) is 12.2 Å². The van der Waals surface area contributed by atoms with Crippen LogP contribution in [0.4, 0.5) is 13.2 Å². The van der Waals surface area contributed by atoms with E-state index in [2.05, 4.69) is 0 Å². The van der Waals surface area contributed by atoms with Crippen LogP contribution in [0.2, 0.25) is 0 Å². The zero-order valence-electron chi connectivity index (χ0n) is 7.96. The topological polar surface area (TPSA) is 20.2 Å². The number of aliphatic hydroxyl groups excluding tert-OH is 1. The second kappa shape index (κ2) is 4.98. The van der Waals surface area contributed by atoms with Gasteiger partial charge in [-0.3, -0.25) is 0 Å². The molecule has 0 aliphatic carbocycles. The largest absolute Gasteiger partial charge is 0.416 e. The number of benzene rings is 1. The Bertz CT molecular complexity index is 342. The lowest BCUT2D eigenvalue weighted by Crippen LogP contribution is -2.08. The van der Waals surface area contributed by atoms with Crippen LogP contribution in [0.5, 0.6) is 0 Å². The lowest BCUT2D eigenvalue weighted by atomic mass is 10.0. The Labute approximate surface area is 85.9 Å². The Morgan fingerprint density at radius 1 is 1.13 bits per heavy atom. The third-order valence-electron chi connectivity index (χ3n) is 1.93. The fourth-order valence-corrected chi connectivity index (χ4v) is 1.26. The number of allylic oxidation sites excluding steroid dienone is 1. The number of hydrogen-bond acceptors (Lipinski definition) is 1. The van der Waals surface area contributed by atoms with Crippen molar-refractivity contribution in [1.29, 1.82) is 0 Å². The molecule has 0 aromatic heterocycles. The summed E-state index contributed by atoms with van der Waals surface area (Å²) < 4.78 is 37.5. The maximum Gasteiger partial charge on any atom is 0.416 e. The molecule has 1 N–H and O–H groups in total. The van der Waals surface area contributed by atoms with Crippen LogP contribution in [0.1, 0.15) is 11.1 Å². The molecule has 1 rings (SSSR count). The van der Waals surface area contributed by atoms with Crippen LogP contribution in [0, 0.1) is 0 Å². The summed E-state index contributed by atoms with van der Waals surface area (Å²) in [5.74, 6) is 0. The van der Waals surface area contributed by atoms with Crippen molar-refractivity contribution >= 4 is 0 Å². The molecule has 0 bridgehead atoms. The molecule has 4 heteroatoms. The molecule has 0 amide bonds. The maximum atomic E-state index is 12.5. The van der Waals surface area contributed by atoms with Crippen molar-refractivity contribution in [3.05, 3.63) is 47.5 Å². The third-order valence-corrected chi connectivity index (χ3v) is 1.93. The SMILES string of the molecule is OC/C=C/Cc1ccccc1C(F)(F)F. The molecule has 0 aliphatic rings. The van der Waals surface area contributed by atoms with Gasteiger partial charge in [0.15, 0.2) is 0 Å². The van der Waals surface area contributed by atoms with Crippen LogP contribution in [0.15, 0.2) is 36.4 Å². The first-order valence-electron chi connectivity index (χ1n) is 4.46. The summed E-state index contributed by atoms with van der Waals surface area (Å²) in [5, 5.41) is 8.46. The van der Waals surface area contributed by atoms with Crippen molar-refractivity contribution in [3.8, 4) is 0 Å². The predicted molar refractivity (Wildman–Crippen MR) is 51.4 cm³/mol. The number of halogens is 3. The highest BCUT2D eigenvalue weighted by Gasteiger charge is 2.32. The Hall–Kier alpha value is -1.29. The summed E-state index contributed by atoms with van der Waals surface area (Å²) in [4.78, 5) is 0. The molecule has 0 aliphatic heterocycles. The van der Waals surface area contributed by atoms with Crippen LogP contribution in [-0.2, 0) is 12.6 Å². The predicted octanol–water partition coefficient (Wildman–Crippen LogP) is 2.80. The average Bonchev–Trinajstić information content (AvgIpc) is 2.17. The Morgan fingerprint density at radius 3 is 2.40 bits per heavy atom. The molecule has 0 fully saturated rings. The molecular weight excluding hydrogens is 205 g/mol. The van der Waals surface area contributed by atoms with Crippen molar-refractivity contribution < 1.29 is 18.3 Å². The fourth-order valence-electron chi connectivity index (χ4n) is 1.26. The minimum absolute atomic E-state index is 0.159. The number of rotatable bonds is 3. The summed E-state index contributed by atoms with van der Waals surface area (Å²) in [7, 11) is 0. The highest BCUT2D eigenvalue weighted by atomic mass is 19.4. The summed E-state index contributed by atoms with van der Waals surface area (Å²) in [5.41, 5.74) is -0.401. The van der Waals surface area contributed by atoms with E-state index in [1.807, 2.05) is 0 Å². The van der Waals surface area contributed by atoms with E-state index in [4.69, 9.17) is 5.11 Å². The molecular formula is C11H11F3O. The van der Waals surface area contributed by atoms with Gasteiger partial charge in [0, 0.05) is 0 Å². The lowest BCUT2D eigenvalue weighted by molar-refractivity contribution is -0.138. The van der Waals surface area contributed by atoms with Gasteiger partial charge in [0.25, 0.3) is 0 Å². The van der Waals surface area contributed by atoms with E-state index in [0.29, 0.717) is 0 Å². The second-order valence-electron chi connectivity index (χ2n) is 3.01. The molecule has 0 saturated carbocycles. The van der Waals surface area contributed by atoms with E-state index >= 15 is 0 Å². The zero-order chi connectivity index (χ0) is 11.3. The van der Waals surface area contributed by atoms with Gasteiger partial charge < -0.3 is 5.11 Å². The van der Waals surface area contributed by atoms with Gasteiger partial charge in [-0.05, 0) is 18.1 Å². The van der Waals surface area contributed by atoms with Crippen LogP contribution >= 0.6 is 0 Å². The van der Waals surface area contributed by atoms with Gasteiger partial charge in [-0.1, -0.05) is 30.4 Å². The molecule has 0 spiro atoms. The normalized spacial score (nSPS) is 12.3.